The lowest BCUT2D eigenvalue weighted by molar-refractivity contribution is -0.132. The number of hydrogen-bond donors (Lipinski definition) is 1. The number of carbonyl (C=O) groups is 1. The van der Waals surface area contributed by atoms with Gasteiger partial charge in [0.05, 0.1) is 12.7 Å². The minimum atomic E-state index is -0.794. The first-order valence-corrected chi connectivity index (χ1v) is 4.28. The molecule has 0 aliphatic carbocycles. The molecule has 3 heteroatoms. The molecule has 0 radical (unpaired) electrons. The summed E-state index contributed by atoms with van der Waals surface area (Å²) in [5.41, 5.74) is 0.521. The van der Waals surface area contributed by atoms with Gasteiger partial charge in [-0.3, -0.25) is 0 Å². The van der Waals surface area contributed by atoms with Gasteiger partial charge in [-0.15, -0.1) is 0 Å². The summed E-state index contributed by atoms with van der Waals surface area (Å²) in [5.74, 6) is -0.794. The van der Waals surface area contributed by atoms with Gasteiger partial charge in [0.1, 0.15) is 0 Å². The van der Waals surface area contributed by atoms with Crippen molar-refractivity contribution in [3.05, 3.63) is 11.6 Å². The third kappa shape index (κ3) is 3.05. The van der Waals surface area contributed by atoms with Crippen LogP contribution in [0.25, 0.3) is 0 Å². The van der Waals surface area contributed by atoms with Gasteiger partial charge in [0.25, 0.3) is 0 Å². The molecule has 12 heavy (non-hydrogen) atoms. The van der Waals surface area contributed by atoms with Crippen molar-refractivity contribution in [3.63, 3.8) is 0 Å². The topological polar surface area (TPSA) is 49.8 Å². The van der Waals surface area contributed by atoms with E-state index in [2.05, 4.69) is 0 Å². The van der Waals surface area contributed by atoms with Gasteiger partial charge in [0.15, 0.2) is 0 Å². The summed E-state index contributed by atoms with van der Waals surface area (Å²) in [5, 5.41) is 8.73. The van der Waals surface area contributed by atoms with Crippen molar-refractivity contribution in [2.45, 2.75) is 32.3 Å². The van der Waals surface area contributed by atoms with E-state index < -0.39 is 5.97 Å². The molecule has 68 valence electrons. The summed E-state index contributed by atoms with van der Waals surface area (Å²) in [4.78, 5) is 10.6. The maximum atomic E-state index is 10.6. The smallest absolute Gasteiger partial charge is 0.331 e. The van der Waals surface area contributed by atoms with Gasteiger partial charge >= 0.3 is 5.97 Å². The van der Waals surface area contributed by atoms with Crippen LogP contribution >= 0.6 is 0 Å². The summed E-state index contributed by atoms with van der Waals surface area (Å²) in [7, 11) is 0. The lowest BCUT2D eigenvalue weighted by atomic mass is 10.1. The lowest BCUT2D eigenvalue weighted by Crippen LogP contribution is -2.00. The normalized spacial score (nSPS) is 22.4. The van der Waals surface area contributed by atoms with Gasteiger partial charge in [0.2, 0.25) is 0 Å². The van der Waals surface area contributed by atoms with Crippen LogP contribution in [0.3, 0.4) is 0 Å². The van der Waals surface area contributed by atoms with Gasteiger partial charge in [-0.1, -0.05) is 19.4 Å². The fourth-order valence-electron chi connectivity index (χ4n) is 1.04. The average molecular weight is 170 g/mol. The highest BCUT2D eigenvalue weighted by molar-refractivity contribution is 5.86. The standard InChI is InChI=1S/C9H14O3/c1-2-3-7(9(10)11)4-5-8-6-12-8/h4,8H,2-3,5-6H2,1H3,(H,10,11). The average Bonchev–Trinajstić information content (AvgIpc) is 2.80. The predicted molar refractivity (Wildman–Crippen MR) is 45.0 cm³/mol. The Morgan fingerprint density at radius 3 is 2.83 bits per heavy atom. The van der Waals surface area contributed by atoms with Gasteiger partial charge in [-0.25, -0.2) is 4.79 Å². The Kier molecular flexibility index (Phi) is 3.29. The second-order valence-electron chi connectivity index (χ2n) is 2.98. The van der Waals surface area contributed by atoms with Crippen LogP contribution in [0, 0.1) is 0 Å². The second-order valence-corrected chi connectivity index (χ2v) is 2.98. The van der Waals surface area contributed by atoms with Gasteiger partial charge < -0.3 is 9.84 Å². The van der Waals surface area contributed by atoms with Crippen molar-refractivity contribution in [1.29, 1.82) is 0 Å². The predicted octanol–water partition coefficient (Wildman–Crippen LogP) is 1.59. The van der Waals surface area contributed by atoms with Gasteiger partial charge in [0, 0.05) is 5.57 Å². The van der Waals surface area contributed by atoms with Crippen molar-refractivity contribution in [2.24, 2.45) is 0 Å². The molecule has 0 saturated carbocycles. The molecule has 1 aliphatic heterocycles. The molecule has 0 spiro atoms. The van der Waals surface area contributed by atoms with E-state index >= 15 is 0 Å². The summed E-state index contributed by atoms with van der Waals surface area (Å²) in [6.45, 7) is 2.76. The van der Waals surface area contributed by atoms with Crippen molar-refractivity contribution < 1.29 is 14.6 Å². The first-order chi connectivity index (χ1) is 5.74. The van der Waals surface area contributed by atoms with E-state index in [0.29, 0.717) is 12.0 Å². The minimum Gasteiger partial charge on any atom is -0.478 e. The molecule has 0 aromatic rings. The number of ether oxygens (including phenoxy) is 1. The van der Waals surface area contributed by atoms with Crippen LogP contribution in [-0.4, -0.2) is 23.8 Å². The Labute approximate surface area is 72.0 Å². The summed E-state index contributed by atoms with van der Waals surface area (Å²) >= 11 is 0. The zero-order chi connectivity index (χ0) is 8.97. The van der Waals surface area contributed by atoms with Crippen LogP contribution in [0.5, 0.6) is 0 Å². The van der Waals surface area contributed by atoms with E-state index in [1.165, 1.54) is 0 Å². The van der Waals surface area contributed by atoms with Crippen molar-refractivity contribution >= 4 is 5.97 Å². The van der Waals surface area contributed by atoms with E-state index in [1.54, 1.807) is 6.08 Å². The molecule has 1 atom stereocenters. The summed E-state index contributed by atoms with van der Waals surface area (Å²) < 4.78 is 4.98. The largest absolute Gasteiger partial charge is 0.478 e. The first kappa shape index (κ1) is 9.26. The van der Waals surface area contributed by atoms with E-state index in [4.69, 9.17) is 9.84 Å². The quantitative estimate of drug-likeness (QED) is 0.503. The van der Waals surface area contributed by atoms with E-state index in [9.17, 15) is 4.79 Å². The Morgan fingerprint density at radius 1 is 1.75 bits per heavy atom. The molecule has 1 unspecified atom stereocenters. The molecule has 0 bridgehead atoms. The van der Waals surface area contributed by atoms with Crippen LogP contribution in [0.1, 0.15) is 26.2 Å². The number of carboxylic acid groups (broad SMARTS) is 1. The van der Waals surface area contributed by atoms with E-state index in [0.717, 1.165) is 19.4 Å². The van der Waals surface area contributed by atoms with Crippen molar-refractivity contribution in [1.82, 2.24) is 0 Å². The Morgan fingerprint density at radius 2 is 2.42 bits per heavy atom. The molecule has 0 aromatic heterocycles. The van der Waals surface area contributed by atoms with Crippen LogP contribution in [0.4, 0.5) is 0 Å². The first-order valence-electron chi connectivity index (χ1n) is 4.28. The third-order valence-corrected chi connectivity index (χ3v) is 1.82. The van der Waals surface area contributed by atoms with E-state index in [1.807, 2.05) is 6.92 Å². The fourth-order valence-corrected chi connectivity index (χ4v) is 1.04. The third-order valence-electron chi connectivity index (χ3n) is 1.82. The lowest BCUT2D eigenvalue weighted by Gasteiger charge is -1.97. The molecule has 1 saturated heterocycles. The highest BCUT2D eigenvalue weighted by atomic mass is 16.6. The highest BCUT2D eigenvalue weighted by Gasteiger charge is 2.21. The molecular weight excluding hydrogens is 156 g/mol. The maximum absolute atomic E-state index is 10.6. The number of rotatable bonds is 5. The number of carboxylic acids is 1. The Bertz CT molecular complexity index is 192. The minimum absolute atomic E-state index is 0.288. The molecular formula is C9H14O3. The molecule has 1 heterocycles. The number of aliphatic carboxylic acids is 1. The molecule has 3 nitrogen and oxygen atoms in total. The van der Waals surface area contributed by atoms with Crippen molar-refractivity contribution in [3.8, 4) is 0 Å². The second kappa shape index (κ2) is 4.26. The Balaban J connectivity index is 2.37. The molecule has 1 aliphatic rings. The van der Waals surface area contributed by atoms with Gasteiger partial charge in [-0.2, -0.15) is 0 Å². The monoisotopic (exact) mass is 170 g/mol. The number of epoxide rings is 1. The van der Waals surface area contributed by atoms with E-state index in [-0.39, 0.29) is 6.10 Å². The molecule has 1 fully saturated rings. The van der Waals surface area contributed by atoms with Crippen molar-refractivity contribution in [2.75, 3.05) is 6.61 Å². The zero-order valence-corrected chi connectivity index (χ0v) is 7.25. The zero-order valence-electron chi connectivity index (χ0n) is 7.25. The summed E-state index contributed by atoms with van der Waals surface area (Å²) in [6.07, 6.45) is 4.35. The van der Waals surface area contributed by atoms with Crippen LogP contribution in [0.2, 0.25) is 0 Å². The SMILES string of the molecule is CCCC(=CCC1CO1)C(=O)O. The highest BCUT2D eigenvalue weighted by Crippen LogP contribution is 2.16. The molecule has 1 N–H and O–H groups in total. The maximum Gasteiger partial charge on any atom is 0.331 e. The van der Waals surface area contributed by atoms with Crippen LogP contribution in [-0.2, 0) is 9.53 Å². The van der Waals surface area contributed by atoms with Gasteiger partial charge in [-0.05, 0) is 12.8 Å². The van der Waals surface area contributed by atoms with Crippen LogP contribution < -0.4 is 0 Å². The van der Waals surface area contributed by atoms with Crippen LogP contribution in [0.15, 0.2) is 11.6 Å². The fraction of sp³-hybridized carbons (Fsp3) is 0.667. The molecule has 1 rings (SSSR count). The molecule has 0 amide bonds. The summed E-state index contributed by atoms with van der Waals surface area (Å²) in [6, 6.07) is 0. The molecule has 0 aromatic carbocycles. The Hall–Kier alpha value is -0.830. The number of hydrogen-bond acceptors (Lipinski definition) is 2.